The molecule has 3 nitrogen and oxygen atoms in total. The minimum Gasteiger partial charge on any atom is -0.313 e. The van der Waals surface area contributed by atoms with Crippen LogP contribution in [0.5, 0.6) is 0 Å². The van der Waals surface area contributed by atoms with Crippen molar-refractivity contribution < 1.29 is 0 Å². The van der Waals surface area contributed by atoms with Crippen LogP contribution in [0.2, 0.25) is 0 Å². The van der Waals surface area contributed by atoms with Crippen molar-refractivity contribution in [3.63, 3.8) is 0 Å². The first kappa shape index (κ1) is 43.5. The maximum Gasteiger partial charge on any atom is 0.0178 e. The predicted molar refractivity (Wildman–Crippen MR) is 272 cm³/mol. The summed E-state index contributed by atoms with van der Waals surface area (Å²) in [6.45, 7) is 3.44. The molecule has 6 aromatic carbocycles. The molecule has 12 rings (SSSR count). The molecule has 3 heterocycles. The van der Waals surface area contributed by atoms with Gasteiger partial charge in [-0.25, -0.2) is 0 Å². The summed E-state index contributed by atoms with van der Waals surface area (Å²) in [5, 5.41) is 11.3. The van der Waals surface area contributed by atoms with E-state index < -0.39 is 0 Å². The van der Waals surface area contributed by atoms with E-state index in [2.05, 4.69) is 209 Å². The molecule has 0 spiro atoms. The van der Waals surface area contributed by atoms with Gasteiger partial charge in [0, 0.05) is 47.8 Å². The lowest BCUT2D eigenvalue weighted by Crippen LogP contribution is -2.45. The second kappa shape index (κ2) is 18.9. The van der Waals surface area contributed by atoms with E-state index in [-0.39, 0.29) is 16.2 Å². The topological polar surface area (TPSA) is 36.1 Å². The van der Waals surface area contributed by atoms with Gasteiger partial charge in [-0.15, -0.1) is 0 Å². The van der Waals surface area contributed by atoms with E-state index in [0.717, 1.165) is 38.9 Å². The Hall–Kier alpha value is -3.36. The van der Waals surface area contributed by atoms with Gasteiger partial charge in [-0.1, -0.05) is 157 Å². The van der Waals surface area contributed by atoms with Crippen LogP contribution in [-0.2, 0) is 54.8 Å². The molecule has 3 saturated heterocycles. The summed E-state index contributed by atoms with van der Waals surface area (Å²) >= 11 is 10.9. The number of benzene rings is 6. The van der Waals surface area contributed by atoms with Crippen LogP contribution in [0.25, 0.3) is 0 Å². The largest absolute Gasteiger partial charge is 0.313 e. The number of halogens is 3. The van der Waals surface area contributed by atoms with Gasteiger partial charge in [0.15, 0.2) is 0 Å². The van der Waals surface area contributed by atoms with Gasteiger partial charge in [0.1, 0.15) is 0 Å². The number of hydrogen-bond donors (Lipinski definition) is 3. The lowest BCUT2D eigenvalue weighted by molar-refractivity contribution is 0.326. The quantitative estimate of drug-likeness (QED) is 0.156. The molecule has 6 aliphatic rings. The maximum absolute atomic E-state index is 3.76. The third-order valence-corrected chi connectivity index (χ3v) is 17.4. The summed E-state index contributed by atoms with van der Waals surface area (Å²) in [4.78, 5) is 0. The molecule has 63 heavy (non-hydrogen) atoms. The van der Waals surface area contributed by atoms with Crippen LogP contribution in [0.4, 0.5) is 0 Å². The second-order valence-electron chi connectivity index (χ2n) is 19.2. The number of hydrogen-bond acceptors (Lipinski definition) is 3. The monoisotopic (exact) mass is 1020 g/mol. The third-order valence-electron chi connectivity index (χ3n) is 15.9. The zero-order valence-electron chi connectivity index (χ0n) is 36.3. The Morgan fingerprint density at radius 3 is 0.952 bits per heavy atom. The van der Waals surface area contributed by atoms with Crippen molar-refractivity contribution in [2.24, 2.45) is 0 Å². The highest BCUT2D eigenvalue weighted by Gasteiger charge is 2.49. The predicted octanol–water partition coefficient (Wildman–Crippen LogP) is 12.7. The molecule has 6 heteroatoms. The fraction of sp³-hybridized carbons (Fsp3) is 0.368. The summed E-state index contributed by atoms with van der Waals surface area (Å²) < 4.78 is 3.63. The molecule has 3 fully saturated rings. The molecule has 3 aliphatic carbocycles. The number of fused-ring (bicyclic) bond motifs is 9. The average Bonchev–Trinajstić information content (AvgIpc) is 4.05. The first-order chi connectivity index (χ1) is 30.8. The fourth-order valence-corrected chi connectivity index (χ4v) is 14.3. The lowest BCUT2D eigenvalue weighted by Gasteiger charge is -2.41. The molecule has 3 N–H and O–H groups in total. The average molecular weight is 1030 g/mol. The van der Waals surface area contributed by atoms with E-state index in [9.17, 15) is 0 Å². The van der Waals surface area contributed by atoms with Crippen LogP contribution in [0.1, 0.15) is 88.6 Å². The lowest BCUT2D eigenvalue weighted by atomic mass is 9.64. The van der Waals surface area contributed by atoms with Crippen molar-refractivity contribution in [2.45, 2.75) is 111 Å². The molecular weight excluding hydrogens is 966 g/mol. The van der Waals surface area contributed by atoms with Crippen LogP contribution in [0.15, 0.2) is 159 Å². The van der Waals surface area contributed by atoms with Gasteiger partial charge < -0.3 is 16.0 Å². The highest BCUT2D eigenvalue weighted by molar-refractivity contribution is 9.11. The Bertz CT molecular complexity index is 2230. The minimum atomic E-state index is 0.287. The maximum atomic E-state index is 3.76. The summed E-state index contributed by atoms with van der Waals surface area (Å²) in [7, 11) is 0. The molecule has 0 radical (unpaired) electrons. The fourth-order valence-electron chi connectivity index (χ4n) is 13.1. The van der Waals surface area contributed by atoms with Crippen LogP contribution in [-0.4, -0.2) is 37.8 Å². The van der Waals surface area contributed by atoms with Gasteiger partial charge >= 0.3 is 0 Å². The summed E-state index contributed by atoms with van der Waals surface area (Å²) in [5.74, 6) is 0. The van der Waals surface area contributed by atoms with E-state index in [1.165, 1.54) is 87.9 Å². The van der Waals surface area contributed by atoms with Crippen molar-refractivity contribution in [3.8, 4) is 0 Å². The van der Waals surface area contributed by atoms with Crippen molar-refractivity contribution in [1.29, 1.82) is 0 Å². The van der Waals surface area contributed by atoms with Crippen molar-refractivity contribution in [1.82, 2.24) is 16.0 Å². The zero-order chi connectivity index (χ0) is 42.9. The molecule has 6 atom stereocenters. The molecule has 3 aliphatic heterocycles. The van der Waals surface area contributed by atoms with Crippen LogP contribution >= 0.6 is 47.8 Å². The van der Waals surface area contributed by atoms with Crippen LogP contribution < -0.4 is 16.0 Å². The van der Waals surface area contributed by atoms with Crippen molar-refractivity contribution in [3.05, 3.63) is 209 Å². The van der Waals surface area contributed by atoms with Crippen LogP contribution in [0, 0.1) is 0 Å². The molecule has 2 unspecified atom stereocenters. The van der Waals surface area contributed by atoms with E-state index in [0.29, 0.717) is 18.1 Å². The third kappa shape index (κ3) is 8.75. The highest BCUT2D eigenvalue weighted by Crippen LogP contribution is 2.48. The van der Waals surface area contributed by atoms with Gasteiger partial charge in [0.05, 0.1) is 0 Å². The molecule has 324 valence electrons. The zero-order valence-corrected chi connectivity index (χ0v) is 41.1. The smallest absolute Gasteiger partial charge is 0.0178 e. The Balaban J connectivity index is 0.000000112. The Morgan fingerprint density at radius 1 is 0.381 bits per heavy atom. The minimum absolute atomic E-state index is 0.287. The molecule has 0 aromatic heterocycles. The van der Waals surface area contributed by atoms with E-state index in [4.69, 9.17) is 0 Å². The molecule has 0 amide bonds. The Kier molecular flexibility index (Phi) is 13.0. The standard InChI is InChI=1S/3C19H20BrN/c3*20-16-7-8-17-15(12-16)6-9-18-19(17,10-11-21-18)13-14-4-2-1-3-5-14/h3*1-5,7-8,12,18,21H,6,9-11,13H2/t2*18-,19-;/m10./s1. The normalized spacial score (nSPS) is 27.2. The molecular formula is C57H60Br3N3. The summed E-state index contributed by atoms with van der Waals surface area (Å²) in [6.07, 6.45) is 14.6. The first-order valence-electron chi connectivity index (χ1n) is 23.5. The van der Waals surface area contributed by atoms with E-state index in [1.807, 2.05) is 0 Å². The van der Waals surface area contributed by atoms with E-state index in [1.54, 1.807) is 33.4 Å². The van der Waals surface area contributed by atoms with Gasteiger partial charge in [0.25, 0.3) is 0 Å². The Morgan fingerprint density at radius 2 is 0.667 bits per heavy atom. The molecule has 0 bridgehead atoms. The van der Waals surface area contributed by atoms with Gasteiger partial charge in [-0.05, 0) is 183 Å². The van der Waals surface area contributed by atoms with E-state index >= 15 is 0 Å². The van der Waals surface area contributed by atoms with Crippen LogP contribution in [0.3, 0.4) is 0 Å². The van der Waals surface area contributed by atoms with Gasteiger partial charge in [0.2, 0.25) is 0 Å². The second-order valence-corrected chi connectivity index (χ2v) is 22.0. The molecule has 0 saturated carbocycles. The molecule has 6 aromatic rings. The highest BCUT2D eigenvalue weighted by atomic mass is 79.9. The number of rotatable bonds is 6. The summed E-state index contributed by atoms with van der Waals surface area (Å²) in [6, 6.07) is 55.6. The summed E-state index contributed by atoms with van der Waals surface area (Å²) in [5.41, 5.74) is 14.6. The SMILES string of the molecule is Brc1ccc2c(c1)CCC1NCCC21Cc1ccccc1.Brc1ccc2c(c1)CC[C@@H]1NCC[C@]21Cc1ccccc1.Brc1ccc2c(c1)CC[C@H]1NCC[C@@]21Cc1ccccc1. The van der Waals surface area contributed by atoms with Gasteiger partial charge in [-0.2, -0.15) is 0 Å². The van der Waals surface area contributed by atoms with Crippen molar-refractivity contribution in [2.75, 3.05) is 19.6 Å². The first-order valence-corrected chi connectivity index (χ1v) is 25.9. The number of nitrogens with one attached hydrogen (secondary N) is 3. The van der Waals surface area contributed by atoms with Crippen molar-refractivity contribution >= 4 is 47.8 Å². The van der Waals surface area contributed by atoms with Gasteiger partial charge in [-0.3, -0.25) is 0 Å². The number of aryl methyl sites for hydroxylation is 3. The Labute approximate surface area is 401 Å².